The van der Waals surface area contributed by atoms with Crippen LogP contribution in [0.25, 0.3) is 0 Å². The number of sulfonamides is 1. The first kappa shape index (κ1) is 30.6. The number of aryl methyl sites for hydroxylation is 2. The van der Waals surface area contributed by atoms with Gasteiger partial charge < -0.3 is 10.2 Å². The van der Waals surface area contributed by atoms with Crippen molar-refractivity contribution in [1.82, 2.24) is 10.2 Å². The number of hydrogen-bond donors (Lipinski definition) is 1. The van der Waals surface area contributed by atoms with Crippen molar-refractivity contribution in [2.75, 3.05) is 17.1 Å². The van der Waals surface area contributed by atoms with Crippen molar-refractivity contribution in [2.24, 2.45) is 0 Å². The molecule has 1 saturated carbocycles. The van der Waals surface area contributed by atoms with Crippen molar-refractivity contribution < 1.29 is 18.0 Å². The number of nitrogens with zero attached hydrogens (tertiary/aromatic N) is 2. The van der Waals surface area contributed by atoms with Crippen molar-refractivity contribution in [2.45, 2.75) is 64.6 Å². The van der Waals surface area contributed by atoms with Gasteiger partial charge in [0.1, 0.15) is 12.6 Å². The number of benzene rings is 3. The second-order valence-corrected chi connectivity index (χ2v) is 13.2. The number of halogens is 1. The van der Waals surface area contributed by atoms with Gasteiger partial charge in [-0.1, -0.05) is 79.0 Å². The van der Waals surface area contributed by atoms with Crippen molar-refractivity contribution in [3.8, 4) is 0 Å². The molecule has 0 bridgehead atoms. The normalized spacial score (nSPS) is 14.4. The van der Waals surface area contributed by atoms with E-state index in [1.54, 1.807) is 24.3 Å². The molecule has 0 saturated heterocycles. The fourth-order valence-electron chi connectivity index (χ4n) is 5.34. The van der Waals surface area contributed by atoms with E-state index >= 15 is 0 Å². The van der Waals surface area contributed by atoms with Crippen LogP contribution in [0, 0.1) is 13.8 Å². The fraction of sp³-hybridized carbons (Fsp3) is 0.375. The zero-order chi connectivity index (χ0) is 29.6. The van der Waals surface area contributed by atoms with E-state index in [0.29, 0.717) is 10.7 Å². The summed E-state index contributed by atoms with van der Waals surface area (Å²) in [6.07, 6.45) is 5.30. The first-order valence-corrected chi connectivity index (χ1v) is 16.2. The van der Waals surface area contributed by atoms with Crippen molar-refractivity contribution >= 4 is 39.1 Å². The summed E-state index contributed by atoms with van der Waals surface area (Å²) in [4.78, 5) is 29.6. The van der Waals surface area contributed by atoms with Gasteiger partial charge in [0.05, 0.1) is 11.9 Å². The molecule has 7 nitrogen and oxygen atoms in total. The molecule has 3 aromatic carbocycles. The zero-order valence-corrected chi connectivity index (χ0v) is 25.4. The average molecular weight is 596 g/mol. The van der Waals surface area contributed by atoms with Crippen molar-refractivity contribution in [1.29, 1.82) is 0 Å². The highest BCUT2D eigenvalue weighted by Crippen LogP contribution is 2.26. The molecule has 1 atom stereocenters. The summed E-state index contributed by atoms with van der Waals surface area (Å²) in [5.41, 5.74) is 3.70. The van der Waals surface area contributed by atoms with E-state index in [-0.39, 0.29) is 24.9 Å². The number of amides is 2. The van der Waals surface area contributed by atoms with E-state index in [1.807, 2.05) is 62.4 Å². The van der Waals surface area contributed by atoms with Crippen molar-refractivity contribution in [3.05, 3.63) is 100 Å². The van der Waals surface area contributed by atoms with Gasteiger partial charge in [0, 0.05) is 24.0 Å². The number of carbonyl (C=O) groups is 2. The molecule has 0 heterocycles. The molecule has 1 aliphatic rings. The third-order valence-corrected chi connectivity index (χ3v) is 8.89. The molecule has 0 radical (unpaired) electrons. The molecule has 3 aromatic rings. The molecule has 0 aromatic heterocycles. The molecule has 1 fully saturated rings. The van der Waals surface area contributed by atoms with Crippen LogP contribution in [0.5, 0.6) is 0 Å². The maximum atomic E-state index is 14.2. The minimum atomic E-state index is -3.82. The van der Waals surface area contributed by atoms with E-state index in [4.69, 9.17) is 11.6 Å². The van der Waals surface area contributed by atoms with Gasteiger partial charge in [-0.05, 0) is 67.1 Å². The van der Waals surface area contributed by atoms with Gasteiger partial charge in [-0.2, -0.15) is 0 Å². The fourth-order valence-corrected chi connectivity index (χ4v) is 6.45. The topological polar surface area (TPSA) is 86.8 Å². The summed E-state index contributed by atoms with van der Waals surface area (Å²) in [6, 6.07) is 21.4. The molecule has 1 N–H and O–H groups in total. The van der Waals surface area contributed by atoms with Gasteiger partial charge in [0.2, 0.25) is 21.8 Å². The largest absolute Gasteiger partial charge is 0.352 e. The van der Waals surface area contributed by atoms with Gasteiger partial charge in [0.15, 0.2) is 0 Å². The van der Waals surface area contributed by atoms with Crippen LogP contribution in [0.4, 0.5) is 5.69 Å². The van der Waals surface area contributed by atoms with E-state index in [2.05, 4.69) is 5.32 Å². The van der Waals surface area contributed by atoms with Crippen LogP contribution < -0.4 is 9.62 Å². The van der Waals surface area contributed by atoms with E-state index in [1.165, 1.54) is 4.90 Å². The summed E-state index contributed by atoms with van der Waals surface area (Å²) in [5, 5.41) is 3.68. The van der Waals surface area contributed by atoms with Gasteiger partial charge >= 0.3 is 0 Å². The first-order valence-electron chi connectivity index (χ1n) is 13.9. The lowest BCUT2D eigenvalue weighted by molar-refractivity contribution is -0.140. The van der Waals surface area contributed by atoms with Gasteiger partial charge in [-0.15, -0.1) is 0 Å². The quantitative estimate of drug-likeness (QED) is 0.321. The Hall–Kier alpha value is -3.36. The van der Waals surface area contributed by atoms with Crippen LogP contribution in [0.15, 0.2) is 72.8 Å². The Morgan fingerprint density at radius 2 is 1.63 bits per heavy atom. The standard InChI is InChI=1S/C32H38ClN3O4S/c1-23-16-17-24(2)29(18-23)36(41(3,39)40)22-31(37)35(21-26-12-9-13-27(33)19-26)30(20-25-10-5-4-6-11-25)32(38)34-28-14-7-8-15-28/h4-6,9-13,16-19,28,30H,7-8,14-15,20-22H2,1-3H3,(H,34,38)/t30-/m1/s1. The Bertz CT molecular complexity index is 1470. The minimum Gasteiger partial charge on any atom is -0.352 e. The molecule has 41 heavy (non-hydrogen) atoms. The SMILES string of the molecule is Cc1ccc(C)c(N(CC(=O)N(Cc2cccc(Cl)c2)[C@H](Cc2ccccc2)C(=O)NC2CCCC2)S(C)(=O)=O)c1. The molecule has 1 aliphatic carbocycles. The Balaban J connectivity index is 1.74. The zero-order valence-electron chi connectivity index (χ0n) is 23.8. The number of hydrogen-bond acceptors (Lipinski definition) is 4. The predicted molar refractivity (Wildman–Crippen MR) is 164 cm³/mol. The van der Waals surface area contributed by atoms with Crippen LogP contribution in [0.3, 0.4) is 0 Å². The van der Waals surface area contributed by atoms with Gasteiger partial charge in [0.25, 0.3) is 0 Å². The highest BCUT2D eigenvalue weighted by atomic mass is 35.5. The summed E-state index contributed by atoms with van der Waals surface area (Å²) in [7, 11) is -3.82. The third kappa shape index (κ3) is 8.33. The molecule has 2 amide bonds. The number of carbonyl (C=O) groups excluding carboxylic acids is 2. The second-order valence-electron chi connectivity index (χ2n) is 10.9. The van der Waals surface area contributed by atoms with Crippen LogP contribution in [0.1, 0.15) is 47.9 Å². The summed E-state index contributed by atoms with van der Waals surface area (Å²) in [5.74, 6) is -0.715. The Labute approximate surface area is 248 Å². The molecule has 0 aliphatic heterocycles. The Morgan fingerprint density at radius 1 is 0.951 bits per heavy atom. The highest BCUT2D eigenvalue weighted by Gasteiger charge is 2.34. The highest BCUT2D eigenvalue weighted by molar-refractivity contribution is 7.92. The molecule has 0 unspecified atom stereocenters. The maximum absolute atomic E-state index is 14.2. The number of anilines is 1. The predicted octanol–water partition coefficient (Wildman–Crippen LogP) is 5.42. The van der Waals surface area contributed by atoms with E-state index < -0.39 is 28.5 Å². The molecule has 218 valence electrons. The van der Waals surface area contributed by atoms with Gasteiger partial charge in [-0.3, -0.25) is 13.9 Å². The lowest BCUT2D eigenvalue weighted by Gasteiger charge is -2.34. The monoisotopic (exact) mass is 595 g/mol. The average Bonchev–Trinajstić information content (AvgIpc) is 3.43. The molecule has 4 rings (SSSR count). The molecular weight excluding hydrogens is 558 g/mol. The molecule has 9 heteroatoms. The summed E-state index contributed by atoms with van der Waals surface area (Å²) < 4.78 is 27.2. The minimum absolute atomic E-state index is 0.0614. The maximum Gasteiger partial charge on any atom is 0.244 e. The van der Waals surface area contributed by atoms with Crippen LogP contribution in [-0.2, 0) is 32.6 Å². The second kappa shape index (κ2) is 13.5. The van der Waals surface area contributed by atoms with Gasteiger partial charge in [-0.25, -0.2) is 8.42 Å². The first-order chi connectivity index (χ1) is 19.5. The van der Waals surface area contributed by atoms with E-state index in [0.717, 1.165) is 58.5 Å². The number of nitrogens with one attached hydrogen (secondary N) is 1. The van der Waals surface area contributed by atoms with Crippen molar-refractivity contribution in [3.63, 3.8) is 0 Å². The smallest absolute Gasteiger partial charge is 0.244 e. The summed E-state index contributed by atoms with van der Waals surface area (Å²) >= 11 is 6.28. The lowest BCUT2D eigenvalue weighted by Crippen LogP contribution is -2.54. The Morgan fingerprint density at radius 3 is 2.29 bits per heavy atom. The number of rotatable bonds is 11. The molecular formula is C32H38ClN3O4S. The summed E-state index contributed by atoms with van der Waals surface area (Å²) in [6.45, 7) is 3.35. The lowest BCUT2D eigenvalue weighted by atomic mass is 10.0. The van der Waals surface area contributed by atoms with Crippen LogP contribution in [-0.4, -0.2) is 50.0 Å². The van der Waals surface area contributed by atoms with E-state index in [9.17, 15) is 18.0 Å². The van der Waals surface area contributed by atoms with Crippen LogP contribution >= 0.6 is 11.6 Å². The Kier molecular flexibility index (Phi) is 10.1. The molecule has 0 spiro atoms. The van der Waals surface area contributed by atoms with Crippen LogP contribution in [0.2, 0.25) is 5.02 Å². The third-order valence-electron chi connectivity index (χ3n) is 7.53.